The Bertz CT molecular complexity index is 181. The lowest BCUT2D eigenvalue weighted by Crippen LogP contribution is -2.58. The molecule has 6 nitrogen and oxygen atoms in total. The average Bonchev–Trinajstić information content (AvgIpc) is 2.16. The first-order valence-corrected chi connectivity index (χ1v) is 3.82. The van der Waals surface area contributed by atoms with Gasteiger partial charge in [0.05, 0.1) is 7.98 Å². The number of rotatable bonds is 2. The van der Waals surface area contributed by atoms with Crippen molar-refractivity contribution in [3.8, 4) is 0 Å². The second-order valence-corrected chi connectivity index (χ2v) is 2.78. The van der Waals surface area contributed by atoms with E-state index in [9.17, 15) is 15.3 Å². The summed E-state index contributed by atoms with van der Waals surface area (Å²) in [5.41, 5.74) is 0. The Balaban J connectivity index is 2.84. The van der Waals surface area contributed by atoms with Crippen LogP contribution in [0.5, 0.6) is 0 Å². The molecule has 0 radical (unpaired) electrons. The molecule has 5 atom stereocenters. The van der Waals surface area contributed by atoms with E-state index in [0.29, 0.717) is 0 Å². The quantitative estimate of drug-likeness (QED) is 0.386. The van der Waals surface area contributed by atoms with Crippen LogP contribution in [-0.4, -0.2) is 64.8 Å². The molecule has 0 bridgehead atoms. The van der Waals surface area contributed by atoms with Crippen molar-refractivity contribution in [1.29, 1.82) is 0 Å². The van der Waals surface area contributed by atoms with E-state index < -0.39 is 37.3 Å². The molecule has 78 valence electrons. The molecule has 0 aliphatic carbocycles. The van der Waals surface area contributed by atoms with Crippen LogP contribution < -0.4 is 0 Å². The SMILES string of the molecule is [2H][C@]1(O)C(O)[C@@H](OC)OC(CO)[C@H]1O. The summed E-state index contributed by atoms with van der Waals surface area (Å²) in [4.78, 5) is 0. The molecular formula is C7H14O6. The Morgan fingerprint density at radius 2 is 2.00 bits per heavy atom. The van der Waals surface area contributed by atoms with E-state index in [1.54, 1.807) is 0 Å². The third-order valence-electron chi connectivity index (χ3n) is 1.94. The van der Waals surface area contributed by atoms with E-state index in [1.165, 1.54) is 7.11 Å². The van der Waals surface area contributed by atoms with Crippen LogP contribution in [-0.2, 0) is 9.47 Å². The molecule has 1 rings (SSSR count). The van der Waals surface area contributed by atoms with Crippen LogP contribution in [0.1, 0.15) is 1.37 Å². The number of aliphatic hydroxyl groups is 4. The maximum Gasteiger partial charge on any atom is 0.186 e. The average molecular weight is 195 g/mol. The lowest BCUT2D eigenvalue weighted by Gasteiger charge is -2.38. The Kier molecular flexibility index (Phi) is 3.09. The summed E-state index contributed by atoms with van der Waals surface area (Å²) >= 11 is 0. The minimum absolute atomic E-state index is 0.574. The van der Waals surface area contributed by atoms with Crippen molar-refractivity contribution in [3.63, 3.8) is 0 Å². The molecule has 0 aromatic heterocycles. The molecule has 0 amide bonds. The summed E-state index contributed by atoms with van der Waals surface area (Å²) in [7, 11) is 1.22. The molecule has 6 heteroatoms. The smallest absolute Gasteiger partial charge is 0.186 e. The third kappa shape index (κ3) is 1.98. The number of hydrogen-bond acceptors (Lipinski definition) is 6. The van der Waals surface area contributed by atoms with Gasteiger partial charge in [0, 0.05) is 7.11 Å². The molecule has 0 spiro atoms. The summed E-state index contributed by atoms with van der Waals surface area (Å²) in [6.45, 7) is -0.574. The van der Waals surface area contributed by atoms with Crippen molar-refractivity contribution in [2.75, 3.05) is 13.7 Å². The van der Waals surface area contributed by atoms with E-state index in [0.717, 1.165) is 0 Å². The maximum atomic E-state index is 9.41. The van der Waals surface area contributed by atoms with Gasteiger partial charge in [-0.2, -0.15) is 0 Å². The Labute approximate surface area is 76.7 Å². The molecular weight excluding hydrogens is 180 g/mol. The van der Waals surface area contributed by atoms with Gasteiger partial charge in [-0.05, 0) is 0 Å². The van der Waals surface area contributed by atoms with Crippen molar-refractivity contribution < 1.29 is 31.3 Å². The van der Waals surface area contributed by atoms with E-state index >= 15 is 0 Å². The number of hydrogen-bond donors (Lipinski definition) is 4. The Morgan fingerprint density at radius 1 is 1.38 bits per heavy atom. The van der Waals surface area contributed by atoms with Crippen LogP contribution in [0.2, 0.25) is 0 Å². The van der Waals surface area contributed by atoms with E-state index in [-0.39, 0.29) is 0 Å². The molecule has 1 saturated heterocycles. The van der Waals surface area contributed by atoms with Crippen LogP contribution in [0.15, 0.2) is 0 Å². The second kappa shape index (κ2) is 4.32. The summed E-state index contributed by atoms with van der Waals surface area (Å²) in [5, 5.41) is 36.9. The van der Waals surface area contributed by atoms with Crippen LogP contribution in [0, 0.1) is 0 Å². The fourth-order valence-corrected chi connectivity index (χ4v) is 1.15. The highest BCUT2D eigenvalue weighted by molar-refractivity contribution is 4.88. The first kappa shape index (κ1) is 9.32. The van der Waals surface area contributed by atoms with Crippen molar-refractivity contribution in [2.24, 2.45) is 0 Å². The van der Waals surface area contributed by atoms with Gasteiger partial charge in [-0.3, -0.25) is 0 Å². The predicted octanol–water partition coefficient (Wildman–Crippen LogP) is -2.57. The van der Waals surface area contributed by atoms with Crippen LogP contribution >= 0.6 is 0 Å². The molecule has 2 unspecified atom stereocenters. The largest absolute Gasteiger partial charge is 0.394 e. The molecule has 13 heavy (non-hydrogen) atoms. The van der Waals surface area contributed by atoms with E-state index in [2.05, 4.69) is 4.74 Å². The number of methoxy groups -OCH3 is 1. The fourth-order valence-electron chi connectivity index (χ4n) is 1.15. The van der Waals surface area contributed by atoms with Gasteiger partial charge in [0.25, 0.3) is 0 Å². The zero-order valence-corrected chi connectivity index (χ0v) is 7.12. The van der Waals surface area contributed by atoms with Crippen LogP contribution in [0.25, 0.3) is 0 Å². The van der Waals surface area contributed by atoms with Gasteiger partial charge >= 0.3 is 0 Å². The van der Waals surface area contributed by atoms with Gasteiger partial charge in [-0.1, -0.05) is 0 Å². The summed E-state index contributed by atoms with van der Waals surface area (Å²) in [6, 6.07) is 0. The van der Waals surface area contributed by atoms with Gasteiger partial charge in [-0.15, -0.1) is 0 Å². The molecule has 1 aliphatic heterocycles. The van der Waals surface area contributed by atoms with Crippen LogP contribution in [0.4, 0.5) is 0 Å². The fraction of sp³-hybridized carbons (Fsp3) is 1.00. The first-order chi connectivity index (χ1) is 6.45. The standard InChI is InChI=1S/C7H14O6/c1-12-7-6(11)5(10)4(9)3(2-8)13-7/h3-11H,2H2,1H3/t3?,4-,5-,6?,7+/m1/s1/i5D. The summed E-state index contributed by atoms with van der Waals surface area (Å²) in [6.07, 6.45) is -8.27. The van der Waals surface area contributed by atoms with Crippen molar-refractivity contribution in [1.82, 2.24) is 0 Å². The highest BCUT2D eigenvalue weighted by Crippen LogP contribution is 2.20. The lowest BCUT2D eigenvalue weighted by atomic mass is 9.99. The maximum absolute atomic E-state index is 9.41. The second-order valence-electron chi connectivity index (χ2n) is 2.78. The minimum atomic E-state index is -2.51. The van der Waals surface area contributed by atoms with Gasteiger partial charge in [0.1, 0.15) is 24.4 Å². The summed E-state index contributed by atoms with van der Waals surface area (Å²) in [5.74, 6) is 0. The Morgan fingerprint density at radius 3 is 2.46 bits per heavy atom. The highest BCUT2D eigenvalue weighted by Gasteiger charge is 2.43. The number of ether oxygens (including phenoxy) is 2. The zero-order valence-electron chi connectivity index (χ0n) is 8.12. The monoisotopic (exact) mass is 195 g/mol. The van der Waals surface area contributed by atoms with Crippen molar-refractivity contribution >= 4 is 0 Å². The number of aliphatic hydroxyl groups excluding tert-OH is 3. The van der Waals surface area contributed by atoms with Gasteiger partial charge in [-0.25, -0.2) is 0 Å². The molecule has 1 aliphatic rings. The molecule has 0 saturated carbocycles. The van der Waals surface area contributed by atoms with E-state index in [4.69, 9.17) is 11.2 Å². The topological polar surface area (TPSA) is 99.4 Å². The molecule has 0 aromatic rings. The Hall–Kier alpha value is -0.240. The highest BCUT2D eigenvalue weighted by atomic mass is 16.7. The van der Waals surface area contributed by atoms with Gasteiger partial charge < -0.3 is 29.9 Å². The zero-order chi connectivity index (χ0) is 10.9. The lowest BCUT2D eigenvalue weighted by molar-refractivity contribution is -0.294. The minimum Gasteiger partial charge on any atom is -0.394 e. The van der Waals surface area contributed by atoms with Crippen LogP contribution in [0.3, 0.4) is 0 Å². The van der Waals surface area contributed by atoms with E-state index in [1.807, 2.05) is 0 Å². The predicted molar refractivity (Wildman–Crippen MR) is 40.8 cm³/mol. The third-order valence-corrected chi connectivity index (χ3v) is 1.94. The molecule has 0 aromatic carbocycles. The summed E-state index contributed by atoms with van der Waals surface area (Å²) < 4.78 is 16.8. The van der Waals surface area contributed by atoms with Gasteiger partial charge in [0.15, 0.2) is 6.29 Å². The molecule has 4 N–H and O–H groups in total. The van der Waals surface area contributed by atoms with Crippen molar-refractivity contribution in [2.45, 2.75) is 30.7 Å². The van der Waals surface area contributed by atoms with Gasteiger partial charge in [0.2, 0.25) is 0 Å². The molecule has 1 heterocycles. The first-order valence-electron chi connectivity index (χ1n) is 4.32. The molecule has 1 fully saturated rings. The normalized spacial score (nSPS) is 53.2. The van der Waals surface area contributed by atoms with Crippen molar-refractivity contribution in [3.05, 3.63) is 0 Å².